The lowest BCUT2D eigenvalue weighted by Crippen LogP contribution is -2.48. The predicted octanol–water partition coefficient (Wildman–Crippen LogP) is 0.317. The second kappa shape index (κ2) is 6.28. The Morgan fingerprint density at radius 2 is 2.11 bits per heavy atom. The summed E-state index contributed by atoms with van der Waals surface area (Å²) in [5.41, 5.74) is -0.0906. The number of hydrogen-bond donors (Lipinski definition) is 3. The highest BCUT2D eigenvalue weighted by atomic mass is 19.3. The molecule has 0 saturated carbocycles. The largest absolute Gasteiger partial charge is 0.480 e. The molecule has 0 aromatic carbocycles. The summed E-state index contributed by atoms with van der Waals surface area (Å²) >= 11 is 0. The predicted molar refractivity (Wildman–Crippen MR) is 61.0 cm³/mol. The van der Waals surface area contributed by atoms with Gasteiger partial charge in [-0.1, -0.05) is 0 Å². The summed E-state index contributed by atoms with van der Waals surface area (Å²) in [5, 5.41) is 20.1. The molecule has 2 atom stereocenters. The van der Waals surface area contributed by atoms with Crippen LogP contribution in [-0.2, 0) is 11.3 Å². The molecule has 0 aliphatic rings. The van der Waals surface area contributed by atoms with Crippen LogP contribution in [0.4, 0.5) is 8.78 Å². The van der Waals surface area contributed by atoms with Crippen LogP contribution in [0.25, 0.3) is 0 Å². The normalized spacial score (nSPS) is 14.2. The van der Waals surface area contributed by atoms with E-state index >= 15 is 0 Å². The summed E-state index contributed by atoms with van der Waals surface area (Å²) in [6.07, 6.45) is -2.65. The Labute approximate surface area is 107 Å². The number of carbonyl (C=O) groups excluding carboxylic acids is 1. The molecular formula is C11H14F2N2O4. The maximum Gasteiger partial charge on any atom is 0.328 e. The minimum Gasteiger partial charge on any atom is -0.480 e. The first-order valence-corrected chi connectivity index (χ1v) is 5.48. The fourth-order valence-electron chi connectivity index (χ4n) is 1.53. The van der Waals surface area contributed by atoms with E-state index in [2.05, 4.69) is 5.32 Å². The number of aliphatic hydroxyl groups is 1. The molecule has 19 heavy (non-hydrogen) atoms. The van der Waals surface area contributed by atoms with E-state index in [1.165, 1.54) is 25.3 Å². The standard InChI is InChI=1S/C11H14F2N2O4/c1-6(16)9(11(18)19)14-10(17)7-3-2-4-15(7)5-8(12)13/h2-4,6,8-9,16H,5H2,1H3,(H,14,17)(H,18,19). The van der Waals surface area contributed by atoms with Gasteiger partial charge in [0.1, 0.15) is 5.69 Å². The smallest absolute Gasteiger partial charge is 0.328 e. The fraction of sp³-hybridized carbons (Fsp3) is 0.455. The molecule has 1 rings (SSSR count). The van der Waals surface area contributed by atoms with Crippen LogP contribution in [0.1, 0.15) is 17.4 Å². The second-order valence-electron chi connectivity index (χ2n) is 3.97. The van der Waals surface area contributed by atoms with Gasteiger partial charge < -0.3 is 20.1 Å². The molecule has 0 aliphatic heterocycles. The molecule has 0 fully saturated rings. The van der Waals surface area contributed by atoms with E-state index < -0.39 is 37.0 Å². The minimum atomic E-state index is -2.63. The van der Waals surface area contributed by atoms with E-state index in [0.29, 0.717) is 0 Å². The highest BCUT2D eigenvalue weighted by Crippen LogP contribution is 2.07. The van der Waals surface area contributed by atoms with Crippen molar-refractivity contribution >= 4 is 11.9 Å². The third-order valence-electron chi connectivity index (χ3n) is 2.43. The number of aliphatic carboxylic acids is 1. The number of amides is 1. The zero-order chi connectivity index (χ0) is 14.6. The average molecular weight is 276 g/mol. The van der Waals surface area contributed by atoms with Crippen molar-refractivity contribution in [2.45, 2.75) is 32.0 Å². The Kier molecular flexibility index (Phi) is 4.99. The first-order valence-electron chi connectivity index (χ1n) is 5.48. The second-order valence-corrected chi connectivity index (χ2v) is 3.97. The van der Waals surface area contributed by atoms with Crippen LogP contribution in [0.5, 0.6) is 0 Å². The van der Waals surface area contributed by atoms with Crippen LogP contribution >= 0.6 is 0 Å². The Hall–Kier alpha value is -1.96. The molecule has 1 aromatic rings. The molecule has 3 N–H and O–H groups in total. The first-order chi connectivity index (χ1) is 8.82. The topological polar surface area (TPSA) is 91.6 Å². The van der Waals surface area contributed by atoms with Crippen molar-refractivity contribution in [1.82, 2.24) is 9.88 Å². The van der Waals surface area contributed by atoms with Gasteiger partial charge in [0, 0.05) is 6.20 Å². The maximum atomic E-state index is 12.3. The van der Waals surface area contributed by atoms with E-state index in [1.807, 2.05) is 0 Å². The van der Waals surface area contributed by atoms with Gasteiger partial charge in [-0.05, 0) is 19.1 Å². The number of nitrogens with zero attached hydrogens (tertiary/aromatic N) is 1. The summed E-state index contributed by atoms with van der Waals surface area (Å²) in [5.74, 6) is -2.24. The zero-order valence-electron chi connectivity index (χ0n) is 10.1. The van der Waals surface area contributed by atoms with Gasteiger partial charge in [0.2, 0.25) is 0 Å². The zero-order valence-corrected chi connectivity index (χ0v) is 10.1. The van der Waals surface area contributed by atoms with Crippen LogP contribution in [0.15, 0.2) is 18.3 Å². The van der Waals surface area contributed by atoms with Crippen molar-refractivity contribution in [2.75, 3.05) is 0 Å². The van der Waals surface area contributed by atoms with Crippen molar-refractivity contribution < 1.29 is 28.6 Å². The highest BCUT2D eigenvalue weighted by molar-refractivity contribution is 5.95. The molecule has 1 amide bonds. The van der Waals surface area contributed by atoms with Crippen molar-refractivity contribution in [2.24, 2.45) is 0 Å². The van der Waals surface area contributed by atoms with E-state index in [1.54, 1.807) is 0 Å². The van der Waals surface area contributed by atoms with Crippen molar-refractivity contribution in [3.05, 3.63) is 24.0 Å². The molecule has 0 spiro atoms. The van der Waals surface area contributed by atoms with Gasteiger partial charge >= 0.3 is 5.97 Å². The summed E-state index contributed by atoms with van der Waals surface area (Å²) in [6, 6.07) is 1.19. The average Bonchev–Trinajstić information content (AvgIpc) is 2.71. The number of carboxylic acid groups (broad SMARTS) is 1. The summed E-state index contributed by atoms with van der Waals surface area (Å²) in [4.78, 5) is 22.6. The molecule has 0 saturated heterocycles. The number of aromatic nitrogens is 1. The van der Waals surface area contributed by atoms with Crippen LogP contribution in [-0.4, -0.2) is 45.2 Å². The molecule has 6 nitrogen and oxygen atoms in total. The quantitative estimate of drug-likeness (QED) is 0.697. The third-order valence-corrected chi connectivity index (χ3v) is 2.43. The van der Waals surface area contributed by atoms with E-state index in [4.69, 9.17) is 5.11 Å². The maximum absolute atomic E-state index is 12.3. The Balaban J connectivity index is 2.83. The number of rotatable bonds is 6. The summed E-state index contributed by atoms with van der Waals surface area (Å²) in [7, 11) is 0. The van der Waals surface area contributed by atoms with E-state index in [9.17, 15) is 23.5 Å². The highest BCUT2D eigenvalue weighted by Gasteiger charge is 2.26. The molecule has 0 aliphatic carbocycles. The third kappa shape index (κ3) is 4.02. The molecule has 106 valence electrons. The number of aliphatic hydroxyl groups excluding tert-OH is 1. The van der Waals surface area contributed by atoms with Gasteiger partial charge in [-0.2, -0.15) is 0 Å². The van der Waals surface area contributed by atoms with Crippen LogP contribution in [0.2, 0.25) is 0 Å². The number of carbonyl (C=O) groups is 2. The van der Waals surface area contributed by atoms with Crippen molar-refractivity contribution in [1.29, 1.82) is 0 Å². The molecular weight excluding hydrogens is 262 g/mol. The number of carboxylic acids is 1. The lowest BCUT2D eigenvalue weighted by molar-refractivity contribution is -0.141. The first kappa shape index (κ1) is 15.1. The Morgan fingerprint density at radius 3 is 2.58 bits per heavy atom. The van der Waals surface area contributed by atoms with Crippen LogP contribution in [0, 0.1) is 0 Å². The number of halogens is 2. The number of hydrogen-bond acceptors (Lipinski definition) is 3. The van der Waals surface area contributed by atoms with Crippen LogP contribution < -0.4 is 5.32 Å². The lowest BCUT2D eigenvalue weighted by Gasteiger charge is -2.17. The van der Waals surface area contributed by atoms with Crippen molar-refractivity contribution in [3.8, 4) is 0 Å². The monoisotopic (exact) mass is 276 g/mol. The SMILES string of the molecule is CC(O)C(NC(=O)c1cccn1CC(F)F)C(=O)O. The number of alkyl halides is 2. The summed E-state index contributed by atoms with van der Waals surface area (Å²) < 4.78 is 25.6. The van der Waals surface area contributed by atoms with Gasteiger partial charge in [0.05, 0.1) is 12.6 Å². The molecule has 1 heterocycles. The molecule has 0 bridgehead atoms. The number of nitrogens with one attached hydrogen (secondary N) is 1. The minimum absolute atomic E-state index is 0.0906. The molecule has 1 aromatic heterocycles. The van der Waals surface area contributed by atoms with E-state index in [0.717, 1.165) is 4.57 Å². The summed E-state index contributed by atoms with van der Waals surface area (Å²) in [6.45, 7) is 0.541. The fourth-order valence-corrected chi connectivity index (χ4v) is 1.53. The lowest BCUT2D eigenvalue weighted by atomic mass is 10.2. The van der Waals surface area contributed by atoms with Gasteiger partial charge in [0.15, 0.2) is 6.04 Å². The van der Waals surface area contributed by atoms with Gasteiger partial charge in [-0.15, -0.1) is 0 Å². The Bertz CT molecular complexity index is 459. The Morgan fingerprint density at radius 1 is 1.47 bits per heavy atom. The molecule has 2 unspecified atom stereocenters. The van der Waals surface area contributed by atoms with Gasteiger partial charge in [0.25, 0.3) is 12.3 Å². The van der Waals surface area contributed by atoms with Gasteiger partial charge in [-0.25, -0.2) is 13.6 Å². The van der Waals surface area contributed by atoms with Crippen LogP contribution in [0.3, 0.4) is 0 Å². The molecule has 0 radical (unpaired) electrons. The molecule has 8 heteroatoms. The van der Waals surface area contributed by atoms with Gasteiger partial charge in [-0.3, -0.25) is 4.79 Å². The van der Waals surface area contributed by atoms with E-state index in [-0.39, 0.29) is 5.69 Å². The van der Waals surface area contributed by atoms with Crippen molar-refractivity contribution in [3.63, 3.8) is 0 Å².